The van der Waals surface area contributed by atoms with Crippen LogP contribution in [0.1, 0.15) is 29.0 Å². The Labute approximate surface area is 159 Å². The first-order valence-corrected chi connectivity index (χ1v) is 9.58. The summed E-state index contributed by atoms with van der Waals surface area (Å²) >= 11 is 0. The molecule has 2 atom stereocenters. The Hall–Kier alpha value is -2.38. The molecule has 7 nitrogen and oxygen atoms in total. The molecular formula is C20H25N5O2. The van der Waals surface area contributed by atoms with Gasteiger partial charge in [-0.15, -0.1) is 0 Å². The smallest absolute Gasteiger partial charge is 0.274 e. The van der Waals surface area contributed by atoms with Crippen LogP contribution in [0, 0.1) is 5.92 Å². The Balaban J connectivity index is 1.30. The van der Waals surface area contributed by atoms with Gasteiger partial charge < -0.3 is 10.0 Å². The summed E-state index contributed by atoms with van der Waals surface area (Å²) in [7, 11) is 0. The fourth-order valence-corrected chi connectivity index (χ4v) is 4.18. The van der Waals surface area contributed by atoms with E-state index < -0.39 is 0 Å². The van der Waals surface area contributed by atoms with Crippen LogP contribution in [0.25, 0.3) is 0 Å². The number of nitrogens with zero attached hydrogens (tertiary/aromatic N) is 5. The van der Waals surface area contributed by atoms with Gasteiger partial charge in [0.2, 0.25) is 0 Å². The van der Waals surface area contributed by atoms with Crippen LogP contribution >= 0.6 is 0 Å². The van der Waals surface area contributed by atoms with Crippen LogP contribution in [-0.2, 0) is 6.42 Å². The number of β-amino-alcohol motifs (C(OH)–C–C–N with tert-alkyl or cyclic N) is 1. The minimum atomic E-state index is -0.314. The van der Waals surface area contributed by atoms with Gasteiger partial charge >= 0.3 is 0 Å². The standard InChI is InChI=1S/C20H25N5O2/c26-19-14-25(13-15(19)11-16-3-1-2-6-22-16)17-4-9-24(10-5-17)20(27)18-12-21-7-8-23-18/h1-3,6-8,12,15,17,19,26H,4-5,9-11,13-14H2/t15-,19-/m1/s1. The van der Waals surface area contributed by atoms with E-state index in [1.165, 1.54) is 6.20 Å². The average molecular weight is 367 g/mol. The summed E-state index contributed by atoms with van der Waals surface area (Å²) in [6.07, 6.45) is 8.79. The number of hydrogen-bond donors (Lipinski definition) is 1. The van der Waals surface area contributed by atoms with Crippen LogP contribution in [0.2, 0.25) is 0 Å². The van der Waals surface area contributed by atoms with Crippen LogP contribution in [0.3, 0.4) is 0 Å². The zero-order valence-electron chi connectivity index (χ0n) is 15.3. The van der Waals surface area contributed by atoms with Gasteiger partial charge in [0, 0.05) is 62.4 Å². The van der Waals surface area contributed by atoms with E-state index in [4.69, 9.17) is 0 Å². The number of amides is 1. The highest BCUT2D eigenvalue weighted by Crippen LogP contribution is 2.27. The lowest BCUT2D eigenvalue weighted by Gasteiger charge is -2.36. The van der Waals surface area contributed by atoms with Crippen molar-refractivity contribution >= 4 is 5.91 Å². The van der Waals surface area contributed by atoms with Crippen molar-refractivity contribution in [2.24, 2.45) is 5.92 Å². The molecule has 0 bridgehead atoms. The Morgan fingerprint density at radius 1 is 1.11 bits per heavy atom. The zero-order chi connectivity index (χ0) is 18.6. The largest absolute Gasteiger partial charge is 0.391 e. The summed E-state index contributed by atoms with van der Waals surface area (Å²) < 4.78 is 0. The second kappa shape index (κ2) is 8.10. The molecule has 0 aromatic carbocycles. The number of carbonyl (C=O) groups excluding carboxylic acids is 1. The van der Waals surface area contributed by atoms with Gasteiger partial charge in [0.15, 0.2) is 0 Å². The molecule has 0 saturated carbocycles. The monoisotopic (exact) mass is 367 g/mol. The lowest BCUT2D eigenvalue weighted by Crippen LogP contribution is -2.46. The number of likely N-dealkylation sites (tertiary alicyclic amines) is 2. The molecular weight excluding hydrogens is 342 g/mol. The van der Waals surface area contributed by atoms with E-state index in [-0.39, 0.29) is 17.9 Å². The second-order valence-electron chi connectivity index (χ2n) is 7.42. The summed E-state index contributed by atoms with van der Waals surface area (Å²) in [5, 5.41) is 10.5. The molecule has 1 amide bonds. The van der Waals surface area contributed by atoms with Gasteiger partial charge in [0.05, 0.1) is 12.3 Å². The number of aliphatic hydroxyl groups excluding tert-OH is 1. The highest BCUT2D eigenvalue weighted by Gasteiger charge is 2.37. The Bertz CT molecular complexity index is 749. The van der Waals surface area contributed by atoms with Gasteiger partial charge in [-0.25, -0.2) is 4.98 Å². The first kappa shape index (κ1) is 18.0. The molecule has 2 aliphatic heterocycles. The number of piperidine rings is 1. The van der Waals surface area contributed by atoms with Gasteiger partial charge in [-0.2, -0.15) is 0 Å². The highest BCUT2D eigenvalue weighted by atomic mass is 16.3. The van der Waals surface area contributed by atoms with E-state index in [2.05, 4.69) is 19.9 Å². The normalized spacial score (nSPS) is 24.3. The molecule has 0 radical (unpaired) electrons. The maximum Gasteiger partial charge on any atom is 0.274 e. The molecule has 2 saturated heterocycles. The predicted octanol–water partition coefficient (Wildman–Crippen LogP) is 1.01. The van der Waals surface area contributed by atoms with Crippen LogP contribution < -0.4 is 0 Å². The van der Waals surface area contributed by atoms with E-state index in [9.17, 15) is 9.90 Å². The lowest BCUT2D eigenvalue weighted by atomic mass is 9.99. The number of carbonyl (C=O) groups is 1. The quantitative estimate of drug-likeness (QED) is 0.869. The fraction of sp³-hybridized carbons (Fsp3) is 0.500. The molecule has 2 fully saturated rings. The summed E-state index contributed by atoms with van der Waals surface area (Å²) in [6, 6.07) is 6.34. The molecule has 4 heterocycles. The molecule has 2 aromatic heterocycles. The van der Waals surface area contributed by atoms with Crippen LogP contribution in [0.5, 0.6) is 0 Å². The average Bonchev–Trinajstić information content (AvgIpc) is 3.09. The number of aromatic nitrogens is 3. The van der Waals surface area contributed by atoms with Crippen molar-refractivity contribution in [2.75, 3.05) is 26.2 Å². The summed E-state index contributed by atoms with van der Waals surface area (Å²) in [4.78, 5) is 29.2. The molecule has 7 heteroatoms. The first-order valence-electron chi connectivity index (χ1n) is 9.58. The Morgan fingerprint density at radius 3 is 2.67 bits per heavy atom. The van der Waals surface area contributed by atoms with Crippen LogP contribution in [0.15, 0.2) is 43.0 Å². The molecule has 142 valence electrons. The first-order chi connectivity index (χ1) is 13.2. The summed E-state index contributed by atoms with van der Waals surface area (Å²) in [5.74, 6) is 0.176. The minimum absolute atomic E-state index is 0.0453. The third-order valence-corrected chi connectivity index (χ3v) is 5.68. The molecule has 0 aliphatic carbocycles. The second-order valence-corrected chi connectivity index (χ2v) is 7.42. The van der Waals surface area contributed by atoms with Gasteiger partial charge in [0.25, 0.3) is 5.91 Å². The molecule has 4 rings (SSSR count). The maximum absolute atomic E-state index is 12.5. The minimum Gasteiger partial charge on any atom is -0.391 e. The van der Waals surface area contributed by atoms with Gasteiger partial charge in [-0.05, 0) is 31.4 Å². The Kier molecular flexibility index (Phi) is 5.40. The van der Waals surface area contributed by atoms with Crippen LogP contribution in [-0.4, -0.2) is 74.1 Å². The van der Waals surface area contributed by atoms with Crippen LogP contribution in [0.4, 0.5) is 0 Å². The maximum atomic E-state index is 12.5. The van der Waals surface area contributed by atoms with E-state index in [0.29, 0.717) is 18.3 Å². The third-order valence-electron chi connectivity index (χ3n) is 5.68. The molecule has 0 spiro atoms. The zero-order valence-corrected chi connectivity index (χ0v) is 15.3. The van der Waals surface area contributed by atoms with E-state index in [1.54, 1.807) is 18.6 Å². The summed E-state index contributed by atoms with van der Waals surface area (Å²) in [6.45, 7) is 3.04. The van der Waals surface area contributed by atoms with Gasteiger partial charge in [-0.1, -0.05) is 6.07 Å². The predicted molar refractivity (Wildman–Crippen MR) is 100.0 cm³/mol. The molecule has 27 heavy (non-hydrogen) atoms. The van der Waals surface area contributed by atoms with E-state index in [1.807, 2.05) is 23.1 Å². The third kappa shape index (κ3) is 4.14. The van der Waals surface area contributed by atoms with Crippen molar-refractivity contribution in [3.8, 4) is 0 Å². The molecule has 2 aromatic rings. The van der Waals surface area contributed by atoms with Crippen molar-refractivity contribution < 1.29 is 9.90 Å². The summed E-state index contributed by atoms with van der Waals surface area (Å²) in [5.41, 5.74) is 1.44. The molecule has 2 aliphatic rings. The highest BCUT2D eigenvalue weighted by molar-refractivity contribution is 5.92. The van der Waals surface area contributed by atoms with Crippen molar-refractivity contribution in [2.45, 2.75) is 31.4 Å². The van der Waals surface area contributed by atoms with E-state index >= 15 is 0 Å². The molecule has 0 unspecified atom stereocenters. The van der Waals surface area contributed by atoms with Gasteiger partial charge in [-0.3, -0.25) is 19.7 Å². The number of hydrogen-bond acceptors (Lipinski definition) is 6. The number of pyridine rings is 1. The Morgan fingerprint density at radius 2 is 1.96 bits per heavy atom. The number of aliphatic hydroxyl groups is 1. The molecule has 1 N–H and O–H groups in total. The SMILES string of the molecule is O=C(c1cnccn1)N1CCC(N2C[C@@H](Cc3ccccn3)[C@H](O)C2)CC1. The van der Waals surface area contributed by atoms with Crippen molar-refractivity contribution in [3.05, 3.63) is 54.4 Å². The lowest BCUT2D eigenvalue weighted by molar-refractivity contribution is 0.0621. The van der Waals surface area contributed by atoms with Crippen molar-refractivity contribution in [1.29, 1.82) is 0 Å². The number of rotatable bonds is 4. The fourth-order valence-electron chi connectivity index (χ4n) is 4.18. The van der Waals surface area contributed by atoms with E-state index in [0.717, 1.165) is 44.6 Å². The topological polar surface area (TPSA) is 82.5 Å². The van der Waals surface area contributed by atoms with Gasteiger partial charge in [0.1, 0.15) is 5.69 Å². The van der Waals surface area contributed by atoms with Crippen molar-refractivity contribution in [3.63, 3.8) is 0 Å². The van der Waals surface area contributed by atoms with Crippen molar-refractivity contribution in [1.82, 2.24) is 24.8 Å².